The quantitative estimate of drug-likeness (QED) is 0.555. The maximum Gasteiger partial charge on any atom is 0.373 e. The summed E-state index contributed by atoms with van der Waals surface area (Å²) in [5.74, 6) is -0.833. The molecule has 0 aliphatic heterocycles. The molecule has 0 aliphatic carbocycles. The fraction of sp³-hybridized carbons (Fsp3) is 0.400. The number of rotatable bonds is 4. The molecule has 0 amide bonds. The lowest BCUT2D eigenvalue weighted by Crippen LogP contribution is -2.18. The van der Waals surface area contributed by atoms with E-state index in [2.05, 4.69) is 4.74 Å². The molecule has 0 radical (unpaired) electrons. The number of Topliss-reactive ketones (excluding diaryl/α,β-unsaturated/α-hetero) is 1. The van der Waals surface area contributed by atoms with E-state index in [1.807, 2.05) is 0 Å². The third-order valence-corrected chi connectivity index (χ3v) is 1.96. The van der Waals surface area contributed by atoms with Gasteiger partial charge in [-0.1, -0.05) is 0 Å². The Morgan fingerprint density at radius 3 is 2.40 bits per heavy atom. The van der Waals surface area contributed by atoms with E-state index >= 15 is 0 Å². The van der Waals surface area contributed by atoms with E-state index in [9.17, 15) is 9.59 Å². The highest BCUT2D eigenvalue weighted by Crippen LogP contribution is 2.12. The van der Waals surface area contributed by atoms with Crippen molar-refractivity contribution in [3.63, 3.8) is 0 Å². The lowest BCUT2D eigenvalue weighted by atomic mass is 10.2. The predicted molar refractivity (Wildman–Crippen MR) is 50.8 cm³/mol. The van der Waals surface area contributed by atoms with Gasteiger partial charge in [0.2, 0.25) is 11.5 Å². The van der Waals surface area contributed by atoms with Gasteiger partial charge in [-0.3, -0.25) is 4.79 Å². The molecule has 0 fully saturated rings. The summed E-state index contributed by atoms with van der Waals surface area (Å²) in [6, 6.07) is 2.81. The van der Waals surface area contributed by atoms with Crippen LogP contribution in [0.3, 0.4) is 0 Å². The van der Waals surface area contributed by atoms with Gasteiger partial charge < -0.3 is 13.9 Å². The van der Waals surface area contributed by atoms with Crippen molar-refractivity contribution in [1.29, 1.82) is 0 Å². The Balaban J connectivity index is 2.84. The zero-order valence-corrected chi connectivity index (χ0v) is 8.77. The molecule has 1 rings (SSSR count). The molecule has 0 N–H and O–H groups in total. The molecule has 0 saturated heterocycles. The maximum absolute atomic E-state index is 11.5. The number of hydrogen-bond donors (Lipinski definition) is 0. The molecular formula is C10H12O5. The van der Waals surface area contributed by atoms with Crippen molar-refractivity contribution in [3.8, 4) is 0 Å². The van der Waals surface area contributed by atoms with Gasteiger partial charge in [0.15, 0.2) is 5.76 Å². The van der Waals surface area contributed by atoms with Gasteiger partial charge in [0.05, 0.1) is 7.11 Å². The largest absolute Gasteiger partial charge is 0.463 e. The number of hydrogen-bond acceptors (Lipinski definition) is 5. The molecule has 0 aliphatic rings. The van der Waals surface area contributed by atoms with Crippen molar-refractivity contribution in [1.82, 2.24) is 0 Å². The van der Waals surface area contributed by atoms with Gasteiger partial charge in [-0.05, 0) is 19.1 Å². The smallest absolute Gasteiger partial charge is 0.373 e. The molecule has 1 aromatic heterocycles. The molecule has 0 saturated carbocycles. The minimum Gasteiger partial charge on any atom is -0.463 e. The molecule has 1 unspecified atom stereocenters. The van der Waals surface area contributed by atoms with Crippen LogP contribution in [0, 0.1) is 0 Å². The minimum absolute atomic E-state index is 0.00385. The van der Waals surface area contributed by atoms with Crippen LogP contribution in [0.5, 0.6) is 0 Å². The molecule has 1 aromatic rings. The maximum atomic E-state index is 11.5. The van der Waals surface area contributed by atoms with Gasteiger partial charge in [0.25, 0.3) is 0 Å². The first-order chi connectivity index (χ1) is 7.10. The van der Waals surface area contributed by atoms with Gasteiger partial charge in [-0.2, -0.15) is 0 Å². The first-order valence-electron chi connectivity index (χ1n) is 4.35. The molecule has 82 valence electrons. The van der Waals surface area contributed by atoms with E-state index in [4.69, 9.17) is 9.15 Å². The van der Waals surface area contributed by atoms with Crippen LogP contribution in [0.15, 0.2) is 16.5 Å². The standard InChI is InChI=1S/C10H12O5/c1-6(13-2)9(11)7-4-5-8(15-7)10(12)14-3/h4-6H,1-3H3. The van der Waals surface area contributed by atoms with Crippen LogP contribution in [-0.4, -0.2) is 32.1 Å². The Hall–Kier alpha value is -1.62. The number of ketones is 1. The lowest BCUT2D eigenvalue weighted by Gasteiger charge is -2.04. The van der Waals surface area contributed by atoms with Crippen LogP contribution < -0.4 is 0 Å². The van der Waals surface area contributed by atoms with Gasteiger partial charge in [0, 0.05) is 7.11 Å². The van der Waals surface area contributed by atoms with Gasteiger partial charge >= 0.3 is 5.97 Å². The van der Waals surface area contributed by atoms with Crippen LogP contribution in [-0.2, 0) is 9.47 Å². The fourth-order valence-corrected chi connectivity index (χ4v) is 0.988. The summed E-state index contributed by atoms with van der Waals surface area (Å²) >= 11 is 0. The van der Waals surface area contributed by atoms with Crippen molar-refractivity contribution in [2.45, 2.75) is 13.0 Å². The summed E-state index contributed by atoms with van der Waals surface area (Å²) in [4.78, 5) is 22.6. The highest BCUT2D eigenvalue weighted by atomic mass is 16.5. The lowest BCUT2D eigenvalue weighted by molar-refractivity contribution is 0.0551. The summed E-state index contributed by atoms with van der Waals surface area (Å²) in [7, 11) is 2.66. The monoisotopic (exact) mass is 212 g/mol. The molecule has 0 aromatic carbocycles. The van der Waals surface area contributed by atoms with Crippen molar-refractivity contribution in [3.05, 3.63) is 23.7 Å². The molecule has 5 nitrogen and oxygen atoms in total. The van der Waals surface area contributed by atoms with E-state index in [0.717, 1.165) is 0 Å². The predicted octanol–water partition coefficient (Wildman–Crippen LogP) is 1.28. The number of esters is 1. The highest BCUT2D eigenvalue weighted by molar-refractivity contribution is 5.98. The van der Waals surface area contributed by atoms with Crippen molar-refractivity contribution in [2.75, 3.05) is 14.2 Å². The number of ether oxygens (including phenoxy) is 2. The highest BCUT2D eigenvalue weighted by Gasteiger charge is 2.20. The molecule has 1 heterocycles. The normalized spacial score (nSPS) is 12.2. The average molecular weight is 212 g/mol. The first-order valence-corrected chi connectivity index (χ1v) is 4.35. The number of methoxy groups -OCH3 is 2. The van der Waals surface area contributed by atoms with Crippen LogP contribution in [0.1, 0.15) is 28.0 Å². The number of carbonyl (C=O) groups is 2. The summed E-state index contributed by atoms with van der Waals surface area (Å²) in [6.45, 7) is 1.60. The Labute approximate surface area is 87.0 Å². The third kappa shape index (κ3) is 2.44. The van der Waals surface area contributed by atoms with E-state index in [1.165, 1.54) is 26.4 Å². The second-order valence-electron chi connectivity index (χ2n) is 2.90. The summed E-state index contributed by atoms with van der Waals surface area (Å²) in [5, 5.41) is 0. The summed E-state index contributed by atoms with van der Waals surface area (Å²) in [5.41, 5.74) is 0. The zero-order chi connectivity index (χ0) is 11.4. The van der Waals surface area contributed by atoms with E-state index < -0.39 is 12.1 Å². The van der Waals surface area contributed by atoms with Crippen molar-refractivity contribution < 1.29 is 23.5 Å². The summed E-state index contributed by atoms with van der Waals surface area (Å²) in [6.07, 6.45) is -0.596. The minimum atomic E-state index is -0.612. The number of carbonyl (C=O) groups excluding carboxylic acids is 2. The molecule has 0 spiro atoms. The fourth-order valence-electron chi connectivity index (χ4n) is 0.988. The van der Waals surface area contributed by atoms with Gasteiger partial charge in [-0.15, -0.1) is 0 Å². The van der Waals surface area contributed by atoms with Crippen LogP contribution >= 0.6 is 0 Å². The molecule has 1 atom stereocenters. The van der Waals surface area contributed by atoms with Gasteiger partial charge in [-0.25, -0.2) is 4.79 Å². The first kappa shape index (κ1) is 11.5. The van der Waals surface area contributed by atoms with Crippen molar-refractivity contribution >= 4 is 11.8 Å². The van der Waals surface area contributed by atoms with Crippen LogP contribution in [0.25, 0.3) is 0 Å². The molecular weight excluding hydrogens is 200 g/mol. The average Bonchev–Trinajstić information content (AvgIpc) is 2.75. The molecule has 0 bridgehead atoms. The zero-order valence-electron chi connectivity index (χ0n) is 8.77. The molecule has 15 heavy (non-hydrogen) atoms. The van der Waals surface area contributed by atoms with Gasteiger partial charge in [0.1, 0.15) is 6.10 Å². The third-order valence-electron chi connectivity index (χ3n) is 1.96. The Morgan fingerprint density at radius 1 is 1.27 bits per heavy atom. The van der Waals surface area contributed by atoms with Crippen LogP contribution in [0.2, 0.25) is 0 Å². The van der Waals surface area contributed by atoms with Crippen molar-refractivity contribution in [2.24, 2.45) is 0 Å². The Bertz CT molecular complexity index is 366. The van der Waals surface area contributed by atoms with Crippen LogP contribution in [0.4, 0.5) is 0 Å². The van der Waals surface area contributed by atoms with E-state index in [1.54, 1.807) is 6.92 Å². The second-order valence-corrected chi connectivity index (χ2v) is 2.90. The Kier molecular flexibility index (Phi) is 3.62. The molecule has 5 heteroatoms. The van der Waals surface area contributed by atoms with E-state index in [-0.39, 0.29) is 17.3 Å². The SMILES string of the molecule is COC(=O)c1ccc(C(=O)C(C)OC)o1. The summed E-state index contributed by atoms with van der Waals surface area (Å²) < 4.78 is 14.3. The number of furan rings is 1. The van der Waals surface area contributed by atoms with E-state index in [0.29, 0.717) is 0 Å². The topological polar surface area (TPSA) is 65.7 Å². The Morgan fingerprint density at radius 2 is 1.87 bits per heavy atom. The second kappa shape index (κ2) is 4.75.